The highest BCUT2D eigenvalue weighted by Gasteiger charge is 2.28. The van der Waals surface area contributed by atoms with Crippen molar-refractivity contribution in [2.45, 2.75) is 46.1 Å². The molecule has 1 aromatic carbocycles. The van der Waals surface area contributed by atoms with Crippen LogP contribution in [0, 0.1) is 18.8 Å². The molecule has 1 aliphatic carbocycles. The van der Waals surface area contributed by atoms with E-state index in [1.54, 1.807) is 5.38 Å². The molecule has 1 amide bonds. The Bertz CT molecular complexity index is 800. The number of carbonyl (C=O) groups is 2. The van der Waals surface area contributed by atoms with Gasteiger partial charge in [0.25, 0.3) is 5.91 Å². The third-order valence-electron chi connectivity index (χ3n) is 5.40. The Hall–Kier alpha value is -2.21. The van der Waals surface area contributed by atoms with Crippen molar-refractivity contribution >= 4 is 23.2 Å². The van der Waals surface area contributed by atoms with Crippen LogP contribution < -0.4 is 5.32 Å². The van der Waals surface area contributed by atoms with Crippen LogP contribution in [0.1, 0.15) is 49.2 Å². The summed E-state index contributed by atoms with van der Waals surface area (Å²) in [7, 11) is 0. The lowest BCUT2D eigenvalue weighted by Crippen LogP contribution is -2.45. The molecule has 1 heterocycles. The van der Waals surface area contributed by atoms with Gasteiger partial charge in [0.1, 0.15) is 5.01 Å². The van der Waals surface area contributed by atoms with Crippen molar-refractivity contribution in [3.05, 3.63) is 40.9 Å². The average molecular weight is 387 g/mol. The minimum absolute atomic E-state index is 0.160. The zero-order valence-electron chi connectivity index (χ0n) is 16.0. The number of thiazole rings is 1. The number of esters is 1. The molecule has 0 saturated heterocycles. The molecule has 144 valence electrons. The summed E-state index contributed by atoms with van der Waals surface area (Å²) in [6.07, 6.45) is 3.31. The molecule has 1 N–H and O–H groups in total. The number of rotatable bonds is 5. The van der Waals surface area contributed by atoms with Gasteiger partial charge in [-0.15, -0.1) is 11.3 Å². The fraction of sp³-hybridized carbons (Fsp3) is 0.476. The second-order valence-electron chi connectivity index (χ2n) is 7.42. The van der Waals surface area contributed by atoms with Gasteiger partial charge in [-0.2, -0.15) is 0 Å². The standard InChI is InChI=1S/C21H26N2O3S/c1-13-7-9-16(10-8-13)20-23-18(12-27-20)21(25)26-11-19(24)22-17-6-4-5-14(2)15(17)3/h7-10,12,14-15,17H,4-6,11H2,1-3H3,(H,22,24)/t14-,15-,17-/m0/s1. The fourth-order valence-electron chi connectivity index (χ4n) is 3.44. The third-order valence-corrected chi connectivity index (χ3v) is 6.29. The van der Waals surface area contributed by atoms with Gasteiger partial charge < -0.3 is 10.1 Å². The molecule has 5 nitrogen and oxygen atoms in total. The summed E-state index contributed by atoms with van der Waals surface area (Å²) >= 11 is 1.39. The normalized spacial score (nSPS) is 22.3. The minimum Gasteiger partial charge on any atom is -0.451 e. The first-order chi connectivity index (χ1) is 12.9. The number of aryl methyl sites for hydroxylation is 1. The summed E-state index contributed by atoms with van der Waals surface area (Å²) in [5.74, 6) is 0.226. The molecular formula is C21H26N2O3S. The fourth-order valence-corrected chi connectivity index (χ4v) is 4.23. The van der Waals surface area contributed by atoms with E-state index in [2.05, 4.69) is 24.1 Å². The van der Waals surface area contributed by atoms with Gasteiger partial charge in [-0.3, -0.25) is 4.79 Å². The van der Waals surface area contributed by atoms with Crippen LogP contribution in [0.5, 0.6) is 0 Å². The Morgan fingerprint density at radius 2 is 1.96 bits per heavy atom. The Morgan fingerprint density at radius 3 is 2.70 bits per heavy atom. The molecule has 1 aliphatic rings. The molecule has 2 aromatic rings. The van der Waals surface area contributed by atoms with Crippen molar-refractivity contribution < 1.29 is 14.3 Å². The SMILES string of the molecule is Cc1ccc(-c2nc(C(=O)OCC(=O)N[C@H]3CCC[C@H](C)[C@@H]3C)cs2)cc1. The first-order valence-electron chi connectivity index (χ1n) is 9.43. The van der Waals surface area contributed by atoms with E-state index in [1.807, 2.05) is 31.2 Å². The molecule has 0 bridgehead atoms. The first-order valence-corrected chi connectivity index (χ1v) is 10.3. The van der Waals surface area contributed by atoms with Gasteiger partial charge in [0.2, 0.25) is 0 Å². The Kier molecular flexibility index (Phi) is 6.26. The van der Waals surface area contributed by atoms with E-state index >= 15 is 0 Å². The van der Waals surface area contributed by atoms with E-state index in [0.717, 1.165) is 23.4 Å². The minimum atomic E-state index is -0.565. The molecular weight excluding hydrogens is 360 g/mol. The van der Waals surface area contributed by atoms with Crippen LogP contribution in [-0.2, 0) is 9.53 Å². The van der Waals surface area contributed by atoms with Gasteiger partial charge in [-0.05, 0) is 25.2 Å². The molecule has 27 heavy (non-hydrogen) atoms. The van der Waals surface area contributed by atoms with E-state index in [0.29, 0.717) is 11.8 Å². The molecule has 3 rings (SSSR count). The smallest absolute Gasteiger partial charge is 0.358 e. The van der Waals surface area contributed by atoms with E-state index in [9.17, 15) is 9.59 Å². The van der Waals surface area contributed by atoms with Crippen LogP contribution >= 0.6 is 11.3 Å². The van der Waals surface area contributed by atoms with Crippen LogP contribution in [0.4, 0.5) is 0 Å². The Morgan fingerprint density at radius 1 is 1.22 bits per heavy atom. The summed E-state index contributed by atoms with van der Waals surface area (Å²) in [4.78, 5) is 28.7. The number of ether oxygens (including phenoxy) is 1. The molecule has 1 saturated carbocycles. The second-order valence-corrected chi connectivity index (χ2v) is 8.28. The average Bonchev–Trinajstić information content (AvgIpc) is 3.14. The molecule has 0 unspecified atom stereocenters. The van der Waals surface area contributed by atoms with Crippen LogP contribution in [0.15, 0.2) is 29.6 Å². The van der Waals surface area contributed by atoms with E-state index < -0.39 is 5.97 Å². The van der Waals surface area contributed by atoms with Gasteiger partial charge in [0, 0.05) is 17.0 Å². The topological polar surface area (TPSA) is 68.3 Å². The van der Waals surface area contributed by atoms with Crippen molar-refractivity contribution in [3.8, 4) is 10.6 Å². The summed E-state index contributed by atoms with van der Waals surface area (Å²) < 4.78 is 5.16. The van der Waals surface area contributed by atoms with E-state index in [4.69, 9.17) is 4.74 Å². The van der Waals surface area contributed by atoms with Crippen molar-refractivity contribution in [1.29, 1.82) is 0 Å². The maximum absolute atomic E-state index is 12.2. The maximum Gasteiger partial charge on any atom is 0.358 e. The van der Waals surface area contributed by atoms with Crippen molar-refractivity contribution in [2.75, 3.05) is 6.61 Å². The van der Waals surface area contributed by atoms with Crippen molar-refractivity contribution in [3.63, 3.8) is 0 Å². The number of carbonyl (C=O) groups excluding carboxylic acids is 2. The zero-order valence-corrected chi connectivity index (χ0v) is 16.8. The number of amides is 1. The largest absolute Gasteiger partial charge is 0.451 e. The molecule has 1 fully saturated rings. The summed E-state index contributed by atoms with van der Waals surface area (Å²) in [6, 6.07) is 8.12. The van der Waals surface area contributed by atoms with Crippen LogP contribution in [0.25, 0.3) is 10.6 Å². The number of benzene rings is 1. The predicted molar refractivity (Wildman–Crippen MR) is 107 cm³/mol. The van der Waals surface area contributed by atoms with Gasteiger partial charge in [0.15, 0.2) is 12.3 Å². The zero-order chi connectivity index (χ0) is 19.4. The van der Waals surface area contributed by atoms with Gasteiger partial charge in [0.05, 0.1) is 0 Å². The lowest BCUT2D eigenvalue weighted by molar-refractivity contribution is -0.125. The van der Waals surface area contributed by atoms with Gasteiger partial charge in [-0.1, -0.05) is 56.5 Å². The predicted octanol–water partition coefficient (Wildman–Crippen LogP) is 4.22. The van der Waals surface area contributed by atoms with Crippen molar-refractivity contribution in [1.82, 2.24) is 10.3 Å². The van der Waals surface area contributed by atoms with Crippen LogP contribution in [0.3, 0.4) is 0 Å². The van der Waals surface area contributed by atoms with E-state index in [1.165, 1.54) is 23.3 Å². The molecule has 1 aromatic heterocycles. The van der Waals surface area contributed by atoms with Crippen LogP contribution in [0.2, 0.25) is 0 Å². The number of nitrogens with one attached hydrogen (secondary N) is 1. The quantitative estimate of drug-likeness (QED) is 0.782. The molecule has 0 spiro atoms. The monoisotopic (exact) mass is 386 g/mol. The highest BCUT2D eigenvalue weighted by molar-refractivity contribution is 7.13. The molecule has 0 aliphatic heterocycles. The molecule has 0 radical (unpaired) electrons. The highest BCUT2D eigenvalue weighted by Crippen LogP contribution is 2.29. The molecule has 6 heteroatoms. The van der Waals surface area contributed by atoms with Gasteiger partial charge in [-0.25, -0.2) is 9.78 Å². The van der Waals surface area contributed by atoms with Gasteiger partial charge >= 0.3 is 5.97 Å². The summed E-state index contributed by atoms with van der Waals surface area (Å²) in [5, 5.41) is 5.44. The Labute approximate surface area is 164 Å². The number of hydrogen-bond donors (Lipinski definition) is 1. The summed E-state index contributed by atoms with van der Waals surface area (Å²) in [5.41, 5.74) is 2.37. The molecule has 3 atom stereocenters. The maximum atomic E-state index is 12.2. The lowest BCUT2D eigenvalue weighted by atomic mass is 9.78. The first kappa shape index (κ1) is 19.5. The number of hydrogen-bond acceptors (Lipinski definition) is 5. The Balaban J connectivity index is 1.52. The van der Waals surface area contributed by atoms with E-state index in [-0.39, 0.29) is 24.2 Å². The van der Waals surface area contributed by atoms with Crippen molar-refractivity contribution in [2.24, 2.45) is 11.8 Å². The summed E-state index contributed by atoms with van der Waals surface area (Å²) in [6.45, 7) is 6.14. The highest BCUT2D eigenvalue weighted by atomic mass is 32.1. The third kappa shape index (κ3) is 4.95. The number of aromatic nitrogens is 1. The lowest BCUT2D eigenvalue weighted by Gasteiger charge is -2.34. The number of nitrogens with zero attached hydrogens (tertiary/aromatic N) is 1. The van der Waals surface area contributed by atoms with Crippen LogP contribution in [-0.4, -0.2) is 29.5 Å². The second kappa shape index (κ2) is 8.65.